The highest BCUT2D eigenvalue weighted by molar-refractivity contribution is 6.15. The second-order valence-electron chi connectivity index (χ2n) is 14.8. The van der Waals surface area contributed by atoms with E-state index in [4.69, 9.17) is 23.8 Å². The molecule has 0 saturated carbocycles. The summed E-state index contributed by atoms with van der Waals surface area (Å²) in [5, 5.41) is 8.82. The van der Waals surface area contributed by atoms with Gasteiger partial charge in [0.1, 0.15) is 22.3 Å². The van der Waals surface area contributed by atoms with Crippen LogP contribution in [0.1, 0.15) is 0 Å². The van der Waals surface area contributed by atoms with Crippen LogP contribution in [0.3, 0.4) is 0 Å². The van der Waals surface area contributed by atoms with Gasteiger partial charge in [-0.25, -0.2) is 15.0 Å². The van der Waals surface area contributed by atoms with Crippen LogP contribution < -0.4 is 0 Å². The van der Waals surface area contributed by atoms with Crippen molar-refractivity contribution in [3.8, 4) is 56.4 Å². The number of hydrogen-bond donors (Lipinski definition) is 0. The molecule has 0 bridgehead atoms. The Hall–Kier alpha value is -7.89. The Morgan fingerprint density at radius 2 is 0.931 bits per heavy atom. The first kappa shape index (κ1) is 32.4. The molecule has 0 unspecified atom stereocenters. The summed E-state index contributed by atoms with van der Waals surface area (Å²) in [6, 6.07) is 65.2. The number of nitrogens with zero attached hydrogens (tertiary/aromatic N) is 3. The molecule has 12 rings (SSSR count). The summed E-state index contributed by atoms with van der Waals surface area (Å²) in [5.41, 5.74) is 10.2. The van der Waals surface area contributed by atoms with Gasteiger partial charge in [-0.05, 0) is 86.3 Å². The van der Waals surface area contributed by atoms with Crippen LogP contribution in [0.4, 0.5) is 0 Å². The molecule has 0 atom stereocenters. The van der Waals surface area contributed by atoms with Crippen molar-refractivity contribution < 1.29 is 8.83 Å². The largest absolute Gasteiger partial charge is 0.456 e. The third kappa shape index (κ3) is 5.29. The van der Waals surface area contributed by atoms with Crippen LogP contribution in [-0.4, -0.2) is 15.0 Å². The molecule has 0 radical (unpaired) electrons. The van der Waals surface area contributed by atoms with Crippen molar-refractivity contribution in [2.75, 3.05) is 0 Å². The van der Waals surface area contributed by atoms with E-state index in [-0.39, 0.29) is 0 Å². The Kier molecular flexibility index (Phi) is 7.16. The van der Waals surface area contributed by atoms with Crippen molar-refractivity contribution in [2.45, 2.75) is 0 Å². The summed E-state index contributed by atoms with van der Waals surface area (Å²) in [6.45, 7) is 0. The summed E-state index contributed by atoms with van der Waals surface area (Å²) in [4.78, 5) is 15.7. The zero-order valence-electron chi connectivity index (χ0n) is 31.1. The summed E-state index contributed by atoms with van der Waals surface area (Å²) in [7, 11) is 0. The molecule has 5 heteroatoms. The Balaban J connectivity index is 1.08. The van der Waals surface area contributed by atoms with Crippen molar-refractivity contribution in [3.63, 3.8) is 0 Å². The lowest BCUT2D eigenvalue weighted by Gasteiger charge is -2.11. The van der Waals surface area contributed by atoms with Crippen LogP contribution in [0.15, 0.2) is 197 Å². The summed E-state index contributed by atoms with van der Waals surface area (Å²) in [6.07, 6.45) is 0. The second-order valence-corrected chi connectivity index (χ2v) is 14.8. The molecule has 0 aliphatic carbocycles. The fourth-order valence-corrected chi connectivity index (χ4v) is 8.42. The molecule has 9 aromatic carbocycles. The average molecular weight is 742 g/mol. The van der Waals surface area contributed by atoms with Crippen LogP contribution in [0, 0.1) is 0 Å². The lowest BCUT2D eigenvalue weighted by Crippen LogP contribution is -2.00. The maximum atomic E-state index is 6.80. The molecule has 0 fully saturated rings. The normalized spacial score (nSPS) is 11.8. The molecular formula is C53H31N3O2. The van der Waals surface area contributed by atoms with Crippen LogP contribution in [0.5, 0.6) is 0 Å². The van der Waals surface area contributed by atoms with E-state index in [0.29, 0.717) is 17.5 Å². The Bertz CT molecular complexity index is 3570. The minimum Gasteiger partial charge on any atom is -0.456 e. The average Bonchev–Trinajstić information content (AvgIpc) is 3.86. The van der Waals surface area contributed by atoms with Crippen LogP contribution in [0.25, 0.3) is 122 Å². The summed E-state index contributed by atoms with van der Waals surface area (Å²) >= 11 is 0. The minimum absolute atomic E-state index is 0.540. The molecule has 58 heavy (non-hydrogen) atoms. The third-order valence-electron chi connectivity index (χ3n) is 11.3. The maximum absolute atomic E-state index is 6.80. The standard InChI is InChI=1S/C53H31N3O2/c1-2-11-32(12-3-1)40-29-44-43-28-37-15-6-7-16-38(37)31-48(43)58-50(44)45(30-40)53-55-51(54-52(56-53)39-26-21-33-13-4-5-14-36(33)27-39)35-24-22-34(23-25-35)41-18-10-20-47-49(41)42-17-8-9-19-46(42)57-47/h1-31H. The third-order valence-corrected chi connectivity index (χ3v) is 11.3. The minimum atomic E-state index is 0.540. The number of rotatable bonds is 5. The fourth-order valence-electron chi connectivity index (χ4n) is 8.42. The molecule has 0 aliphatic heterocycles. The van der Waals surface area contributed by atoms with Gasteiger partial charge in [-0.15, -0.1) is 0 Å². The van der Waals surface area contributed by atoms with Crippen LogP contribution >= 0.6 is 0 Å². The molecule has 0 saturated heterocycles. The highest BCUT2D eigenvalue weighted by Crippen LogP contribution is 2.41. The van der Waals surface area contributed by atoms with Gasteiger partial charge in [-0.1, -0.05) is 146 Å². The lowest BCUT2D eigenvalue weighted by atomic mass is 9.98. The molecule has 270 valence electrons. The predicted octanol–water partition coefficient (Wildman–Crippen LogP) is 14.3. The van der Waals surface area contributed by atoms with Crippen molar-refractivity contribution >= 4 is 65.4 Å². The van der Waals surface area contributed by atoms with E-state index >= 15 is 0 Å². The number of fused-ring (bicyclic) bond motifs is 8. The monoisotopic (exact) mass is 741 g/mol. The van der Waals surface area contributed by atoms with Gasteiger partial charge in [-0.3, -0.25) is 0 Å². The SMILES string of the molecule is c1ccc(-c2cc(-c3nc(-c4ccc(-c5cccc6oc7ccccc7c56)cc4)nc(-c4ccc5ccccc5c4)n3)c3oc4cc5ccccc5cc4c3c2)cc1. The smallest absolute Gasteiger partial charge is 0.167 e. The molecule has 3 aromatic heterocycles. The quantitative estimate of drug-likeness (QED) is 0.176. The Labute approximate surface area is 332 Å². The highest BCUT2D eigenvalue weighted by Gasteiger charge is 2.21. The summed E-state index contributed by atoms with van der Waals surface area (Å²) < 4.78 is 13.0. The van der Waals surface area contributed by atoms with E-state index in [1.165, 1.54) is 0 Å². The Morgan fingerprint density at radius 1 is 0.293 bits per heavy atom. The van der Waals surface area contributed by atoms with Gasteiger partial charge in [0.25, 0.3) is 0 Å². The van der Waals surface area contributed by atoms with Crippen molar-refractivity contribution in [1.82, 2.24) is 15.0 Å². The molecule has 0 aliphatic rings. The molecule has 0 spiro atoms. The fraction of sp³-hybridized carbons (Fsp3) is 0. The van der Waals surface area contributed by atoms with Crippen LogP contribution in [-0.2, 0) is 0 Å². The zero-order chi connectivity index (χ0) is 38.2. The lowest BCUT2D eigenvalue weighted by molar-refractivity contribution is 0.669. The topological polar surface area (TPSA) is 65.0 Å². The number of para-hydroxylation sites is 1. The van der Waals surface area contributed by atoms with E-state index in [0.717, 1.165) is 104 Å². The van der Waals surface area contributed by atoms with Gasteiger partial charge in [0, 0.05) is 32.7 Å². The van der Waals surface area contributed by atoms with Crippen molar-refractivity contribution in [1.29, 1.82) is 0 Å². The molecule has 3 heterocycles. The van der Waals surface area contributed by atoms with E-state index in [9.17, 15) is 0 Å². The van der Waals surface area contributed by atoms with Gasteiger partial charge in [0.15, 0.2) is 17.5 Å². The van der Waals surface area contributed by atoms with Gasteiger partial charge in [0.2, 0.25) is 0 Å². The zero-order valence-corrected chi connectivity index (χ0v) is 31.1. The first-order valence-corrected chi connectivity index (χ1v) is 19.4. The maximum Gasteiger partial charge on any atom is 0.167 e. The van der Waals surface area contributed by atoms with E-state index < -0.39 is 0 Å². The highest BCUT2D eigenvalue weighted by atomic mass is 16.3. The van der Waals surface area contributed by atoms with Crippen LogP contribution in [0.2, 0.25) is 0 Å². The van der Waals surface area contributed by atoms with E-state index in [1.807, 2.05) is 30.3 Å². The number of benzene rings is 9. The first-order chi connectivity index (χ1) is 28.7. The summed E-state index contributed by atoms with van der Waals surface area (Å²) in [5.74, 6) is 1.70. The number of furan rings is 2. The molecule has 5 nitrogen and oxygen atoms in total. The molecule has 0 N–H and O–H groups in total. The number of aromatic nitrogens is 3. The van der Waals surface area contributed by atoms with Gasteiger partial charge in [-0.2, -0.15) is 0 Å². The van der Waals surface area contributed by atoms with Gasteiger partial charge in [0.05, 0.1) is 5.56 Å². The number of hydrogen-bond acceptors (Lipinski definition) is 5. The molecule has 12 aromatic rings. The van der Waals surface area contributed by atoms with Gasteiger partial charge >= 0.3 is 0 Å². The molecule has 0 amide bonds. The van der Waals surface area contributed by atoms with E-state index in [1.54, 1.807) is 0 Å². The second kappa shape index (κ2) is 12.8. The Morgan fingerprint density at radius 3 is 1.76 bits per heavy atom. The molecular weight excluding hydrogens is 711 g/mol. The first-order valence-electron chi connectivity index (χ1n) is 19.4. The van der Waals surface area contributed by atoms with E-state index in [2.05, 4.69) is 158 Å². The van der Waals surface area contributed by atoms with Crippen molar-refractivity contribution in [2.24, 2.45) is 0 Å². The predicted molar refractivity (Wildman–Crippen MR) is 237 cm³/mol. The van der Waals surface area contributed by atoms with Crippen molar-refractivity contribution in [3.05, 3.63) is 188 Å². The van der Waals surface area contributed by atoms with Gasteiger partial charge < -0.3 is 8.83 Å².